The fourth-order valence-electron chi connectivity index (χ4n) is 2.59. The molecule has 1 aliphatic heterocycles. The molecule has 1 heterocycles. The fourth-order valence-corrected chi connectivity index (χ4v) is 2.59. The first-order valence-corrected chi connectivity index (χ1v) is 7.66. The lowest BCUT2D eigenvalue weighted by molar-refractivity contribution is -0.120. The average Bonchev–Trinajstić information content (AvgIpc) is 2.57. The van der Waals surface area contributed by atoms with Crippen molar-refractivity contribution in [3.05, 3.63) is 54.6 Å². The van der Waals surface area contributed by atoms with Gasteiger partial charge in [-0.3, -0.25) is 4.79 Å². The van der Waals surface area contributed by atoms with Crippen LogP contribution in [0, 0.1) is 5.92 Å². The van der Waals surface area contributed by atoms with Gasteiger partial charge in [0.25, 0.3) is 0 Å². The van der Waals surface area contributed by atoms with Gasteiger partial charge in [-0.1, -0.05) is 24.3 Å². The Bertz CT molecular complexity index is 628. The molecule has 23 heavy (non-hydrogen) atoms. The van der Waals surface area contributed by atoms with Gasteiger partial charge in [-0.2, -0.15) is 0 Å². The van der Waals surface area contributed by atoms with Gasteiger partial charge in [0.15, 0.2) is 0 Å². The van der Waals surface area contributed by atoms with Crippen molar-refractivity contribution in [2.45, 2.75) is 12.8 Å². The maximum Gasteiger partial charge on any atom is 0.227 e. The number of rotatable bonds is 4. The zero-order chi connectivity index (χ0) is 15.2. The van der Waals surface area contributed by atoms with Gasteiger partial charge < -0.3 is 15.4 Å². The Morgan fingerprint density at radius 2 is 1.70 bits per heavy atom. The molecule has 2 N–H and O–H groups in total. The van der Waals surface area contributed by atoms with Crippen molar-refractivity contribution in [2.75, 3.05) is 18.4 Å². The van der Waals surface area contributed by atoms with Crippen molar-refractivity contribution >= 4 is 24.0 Å². The zero-order valence-corrected chi connectivity index (χ0v) is 13.6. The Kier molecular flexibility index (Phi) is 6.44. The first kappa shape index (κ1) is 17.3. The summed E-state index contributed by atoms with van der Waals surface area (Å²) in [7, 11) is 0. The molecule has 1 amide bonds. The number of ether oxygens (including phenoxy) is 1. The third kappa shape index (κ3) is 4.98. The molecule has 3 rings (SSSR count). The Hall–Kier alpha value is -2.04. The van der Waals surface area contributed by atoms with Crippen molar-refractivity contribution in [2.24, 2.45) is 5.92 Å². The topological polar surface area (TPSA) is 50.4 Å². The summed E-state index contributed by atoms with van der Waals surface area (Å²) in [6.45, 7) is 1.82. The smallest absolute Gasteiger partial charge is 0.227 e. The number of anilines is 1. The molecule has 2 aromatic rings. The quantitative estimate of drug-likeness (QED) is 0.894. The van der Waals surface area contributed by atoms with Crippen LogP contribution in [-0.2, 0) is 4.79 Å². The monoisotopic (exact) mass is 332 g/mol. The number of nitrogens with one attached hydrogen (secondary N) is 2. The summed E-state index contributed by atoms with van der Waals surface area (Å²) < 4.78 is 5.78. The lowest BCUT2D eigenvalue weighted by Gasteiger charge is -2.21. The summed E-state index contributed by atoms with van der Waals surface area (Å²) in [5.74, 6) is 1.69. The molecule has 4 nitrogen and oxygen atoms in total. The highest BCUT2D eigenvalue weighted by Gasteiger charge is 2.20. The summed E-state index contributed by atoms with van der Waals surface area (Å²) in [5, 5.41) is 6.26. The van der Waals surface area contributed by atoms with E-state index in [4.69, 9.17) is 4.74 Å². The molecule has 1 saturated heterocycles. The van der Waals surface area contributed by atoms with E-state index in [1.807, 2.05) is 54.6 Å². The van der Waals surface area contributed by atoms with Gasteiger partial charge >= 0.3 is 0 Å². The molecular weight excluding hydrogens is 312 g/mol. The number of hydrogen-bond acceptors (Lipinski definition) is 3. The first-order chi connectivity index (χ1) is 10.8. The van der Waals surface area contributed by atoms with Crippen molar-refractivity contribution in [1.29, 1.82) is 0 Å². The van der Waals surface area contributed by atoms with E-state index in [1.54, 1.807) is 0 Å². The molecule has 0 atom stereocenters. The second-order valence-corrected chi connectivity index (χ2v) is 5.46. The Labute approximate surface area is 142 Å². The molecule has 0 bridgehead atoms. The van der Waals surface area contributed by atoms with E-state index in [2.05, 4.69) is 10.6 Å². The van der Waals surface area contributed by atoms with Crippen molar-refractivity contribution in [3.63, 3.8) is 0 Å². The number of amides is 1. The highest BCUT2D eigenvalue weighted by Crippen LogP contribution is 2.24. The van der Waals surface area contributed by atoms with Crippen LogP contribution in [0.1, 0.15) is 12.8 Å². The molecular formula is C18H21ClN2O2. The predicted molar refractivity (Wildman–Crippen MR) is 94.4 cm³/mol. The summed E-state index contributed by atoms with van der Waals surface area (Å²) >= 11 is 0. The number of para-hydroxylation sites is 1. The van der Waals surface area contributed by atoms with E-state index in [0.29, 0.717) is 5.75 Å². The number of halogens is 1. The van der Waals surface area contributed by atoms with Crippen LogP contribution in [0.25, 0.3) is 0 Å². The fraction of sp³-hybridized carbons (Fsp3) is 0.278. The number of benzene rings is 2. The van der Waals surface area contributed by atoms with Crippen LogP contribution in [0.5, 0.6) is 11.5 Å². The van der Waals surface area contributed by atoms with E-state index in [0.717, 1.165) is 37.4 Å². The van der Waals surface area contributed by atoms with E-state index >= 15 is 0 Å². The molecule has 0 aliphatic carbocycles. The number of hydrogen-bond donors (Lipinski definition) is 2. The minimum atomic E-state index is 0. The Morgan fingerprint density at radius 1 is 1.00 bits per heavy atom. The van der Waals surface area contributed by atoms with E-state index in [1.165, 1.54) is 0 Å². The molecule has 0 saturated carbocycles. The number of piperidine rings is 1. The lowest BCUT2D eigenvalue weighted by Crippen LogP contribution is -2.34. The number of carbonyl (C=O) groups excluding carboxylic acids is 1. The SMILES string of the molecule is Cl.O=C(Nc1cccc(Oc2ccccc2)c1)C1CCNCC1. The molecule has 5 heteroatoms. The van der Waals surface area contributed by atoms with Crippen LogP contribution in [0.15, 0.2) is 54.6 Å². The maximum absolute atomic E-state index is 12.3. The average molecular weight is 333 g/mol. The van der Waals surface area contributed by atoms with E-state index in [-0.39, 0.29) is 24.2 Å². The van der Waals surface area contributed by atoms with Crippen molar-refractivity contribution in [3.8, 4) is 11.5 Å². The first-order valence-electron chi connectivity index (χ1n) is 7.66. The van der Waals surface area contributed by atoms with Gasteiger partial charge in [0.05, 0.1) is 0 Å². The van der Waals surface area contributed by atoms with Crippen LogP contribution in [0.3, 0.4) is 0 Å². The summed E-state index contributed by atoms with van der Waals surface area (Å²) in [5.41, 5.74) is 0.775. The van der Waals surface area contributed by atoms with Gasteiger partial charge in [-0.05, 0) is 50.2 Å². The van der Waals surface area contributed by atoms with Crippen LogP contribution >= 0.6 is 12.4 Å². The standard InChI is InChI=1S/C18H20N2O2.ClH/c21-18(14-9-11-19-12-10-14)20-15-5-4-8-17(13-15)22-16-6-2-1-3-7-16;/h1-8,13-14,19H,9-12H2,(H,20,21);1H. The lowest BCUT2D eigenvalue weighted by atomic mass is 9.97. The molecule has 0 aromatic heterocycles. The summed E-state index contributed by atoms with van der Waals surface area (Å²) in [6, 6.07) is 17.1. The van der Waals surface area contributed by atoms with Crippen LogP contribution in [0.2, 0.25) is 0 Å². The molecule has 122 valence electrons. The molecule has 2 aromatic carbocycles. The van der Waals surface area contributed by atoms with E-state index < -0.39 is 0 Å². The van der Waals surface area contributed by atoms with Gasteiger partial charge in [-0.15, -0.1) is 12.4 Å². The number of carbonyl (C=O) groups is 1. The van der Waals surface area contributed by atoms with Gasteiger partial charge in [0.2, 0.25) is 5.91 Å². The zero-order valence-electron chi connectivity index (χ0n) is 12.8. The van der Waals surface area contributed by atoms with Crippen LogP contribution in [-0.4, -0.2) is 19.0 Å². The third-order valence-corrected chi connectivity index (χ3v) is 3.79. The molecule has 1 fully saturated rings. The molecule has 1 aliphatic rings. The second-order valence-electron chi connectivity index (χ2n) is 5.46. The second kappa shape index (κ2) is 8.56. The van der Waals surface area contributed by atoms with Crippen molar-refractivity contribution < 1.29 is 9.53 Å². The molecule has 0 radical (unpaired) electrons. The maximum atomic E-state index is 12.3. The summed E-state index contributed by atoms with van der Waals surface area (Å²) in [6.07, 6.45) is 1.79. The van der Waals surface area contributed by atoms with Gasteiger partial charge in [0.1, 0.15) is 11.5 Å². The summed E-state index contributed by atoms with van der Waals surface area (Å²) in [4.78, 5) is 12.3. The largest absolute Gasteiger partial charge is 0.457 e. The normalized spacial score (nSPS) is 14.6. The highest BCUT2D eigenvalue weighted by molar-refractivity contribution is 5.92. The van der Waals surface area contributed by atoms with Gasteiger partial charge in [-0.25, -0.2) is 0 Å². The van der Waals surface area contributed by atoms with E-state index in [9.17, 15) is 4.79 Å². The Morgan fingerprint density at radius 3 is 2.43 bits per heavy atom. The third-order valence-electron chi connectivity index (χ3n) is 3.79. The molecule has 0 unspecified atom stereocenters. The highest BCUT2D eigenvalue weighted by atomic mass is 35.5. The Balaban J connectivity index is 0.00000192. The van der Waals surface area contributed by atoms with Gasteiger partial charge in [0, 0.05) is 17.7 Å². The minimum Gasteiger partial charge on any atom is -0.457 e. The minimum absolute atomic E-state index is 0. The van der Waals surface area contributed by atoms with Crippen LogP contribution < -0.4 is 15.4 Å². The molecule has 0 spiro atoms. The predicted octanol–water partition coefficient (Wildman–Crippen LogP) is 3.84. The van der Waals surface area contributed by atoms with Crippen molar-refractivity contribution in [1.82, 2.24) is 5.32 Å². The van der Waals surface area contributed by atoms with Crippen LogP contribution in [0.4, 0.5) is 5.69 Å².